The highest BCUT2D eigenvalue weighted by atomic mass is 19.1. The smallest absolute Gasteiger partial charge is 0.146 e. The van der Waals surface area contributed by atoms with Crippen molar-refractivity contribution in [3.63, 3.8) is 0 Å². The number of para-hydroxylation sites is 1. The Balaban J connectivity index is 2.32. The summed E-state index contributed by atoms with van der Waals surface area (Å²) in [5, 5.41) is 18.7. The quantitative estimate of drug-likeness (QED) is 0.936. The molecule has 2 rings (SSSR count). The number of aliphatic hydroxyl groups is 1. The van der Waals surface area contributed by atoms with Gasteiger partial charge < -0.3 is 10.0 Å². The van der Waals surface area contributed by atoms with Crippen molar-refractivity contribution < 1.29 is 9.50 Å². The molecule has 0 aliphatic rings. The largest absolute Gasteiger partial charge is 0.389 e. The summed E-state index contributed by atoms with van der Waals surface area (Å²) in [7, 11) is 1.77. The summed E-state index contributed by atoms with van der Waals surface area (Å²) in [5.41, 5.74) is 2.42. The molecule has 0 unspecified atom stereocenters. The molecule has 2 aromatic rings. The van der Waals surface area contributed by atoms with E-state index in [1.165, 1.54) is 6.07 Å². The SMILES string of the molecule is C[C@@H](O)c1cccc(F)c1N(C)Cc1cccc(C#N)c1. The number of halogens is 1. The first kappa shape index (κ1) is 15.0. The Morgan fingerprint density at radius 2 is 2.00 bits per heavy atom. The standard InChI is InChI=1S/C17H17FN2O/c1-12(21)15-7-4-8-16(18)17(15)20(2)11-14-6-3-5-13(9-14)10-19/h3-9,12,21H,11H2,1-2H3/t12-/m1/s1. The molecule has 21 heavy (non-hydrogen) atoms. The van der Waals surface area contributed by atoms with Crippen LogP contribution in [0.3, 0.4) is 0 Å². The second-order valence-corrected chi connectivity index (χ2v) is 5.02. The van der Waals surface area contributed by atoms with Gasteiger partial charge in [-0.3, -0.25) is 0 Å². The minimum absolute atomic E-state index is 0.368. The van der Waals surface area contributed by atoms with E-state index in [1.54, 1.807) is 49.2 Å². The number of nitrogens with zero attached hydrogens (tertiary/aromatic N) is 2. The van der Waals surface area contributed by atoms with E-state index < -0.39 is 6.10 Å². The van der Waals surface area contributed by atoms with Crippen LogP contribution in [0.2, 0.25) is 0 Å². The van der Waals surface area contributed by atoms with E-state index in [0.29, 0.717) is 23.4 Å². The number of benzene rings is 2. The Morgan fingerprint density at radius 1 is 1.29 bits per heavy atom. The highest BCUT2D eigenvalue weighted by Crippen LogP contribution is 2.29. The molecule has 0 radical (unpaired) electrons. The molecule has 0 saturated carbocycles. The zero-order valence-corrected chi connectivity index (χ0v) is 12.0. The Kier molecular flexibility index (Phi) is 4.56. The minimum atomic E-state index is -0.747. The third-order valence-electron chi connectivity index (χ3n) is 3.33. The van der Waals surface area contributed by atoms with Crippen molar-refractivity contribution in [3.05, 3.63) is 65.0 Å². The molecular formula is C17H17FN2O. The van der Waals surface area contributed by atoms with Gasteiger partial charge in [0.25, 0.3) is 0 Å². The van der Waals surface area contributed by atoms with Gasteiger partial charge in [0.05, 0.1) is 23.4 Å². The van der Waals surface area contributed by atoms with Crippen LogP contribution in [0.25, 0.3) is 0 Å². The molecule has 108 valence electrons. The predicted octanol–water partition coefficient (Wildman–Crippen LogP) is 3.39. The third kappa shape index (κ3) is 3.39. The molecule has 0 heterocycles. The van der Waals surface area contributed by atoms with Gasteiger partial charge in [-0.05, 0) is 30.7 Å². The van der Waals surface area contributed by atoms with E-state index in [-0.39, 0.29) is 5.82 Å². The fourth-order valence-corrected chi connectivity index (χ4v) is 2.36. The zero-order valence-electron chi connectivity index (χ0n) is 12.0. The van der Waals surface area contributed by atoms with Gasteiger partial charge in [-0.25, -0.2) is 4.39 Å². The lowest BCUT2D eigenvalue weighted by Gasteiger charge is -2.24. The van der Waals surface area contributed by atoms with Crippen LogP contribution in [-0.2, 0) is 6.54 Å². The van der Waals surface area contributed by atoms with Gasteiger partial charge in [-0.2, -0.15) is 5.26 Å². The van der Waals surface area contributed by atoms with Crippen molar-refractivity contribution in [3.8, 4) is 6.07 Å². The first-order valence-electron chi connectivity index (χ1n) is 6.69. The number of anilines is 1. The molecule has 0 aliphatic carbocycles. The molecule has 0 saturated heterocycles. The van der Waals surface area contributed by atoms with E-state index in [4.69, 9.17) is 5.26 Å². The van der Waals surface area contributed by atoms with Crippen LogP contribution in [0, 0.1) is 17.1 Å². The van der Waals surface area contributed by atoms with Crippen molar-refractivity contribution in [1.82, 2.24) is 0 Å². The van der Waals surface area contributed by atoms with E-state index >= 15 is 0 Å². The maximum Gasteiger partial charge on any atom is 0.146 e. The Hall–Kier alpha value is -2.38. The molecule has 4 heteroatoms. The van der Waals surface area contributed by atoms with Crippen molar-refractivity contribution >= 4 is 5.69 Å². The van der Waals surface area contributed by atoms with Crippen molar-refractivity contribution in [2.45, 2.75) is 19.6 Å². The lowest BCUT2D eigenvalue weighted by Crippen LogP contribution is -2.20. The predicted molar refractivity (Wildman–Crippen MR) is 80.3 cm³/mol. The lowest BCUT2D eigenvalue weighted by molar-refractivity contribution is 0.199. The normalized spacial score (nSPS) is 11.8. The van der Waals surface area contributed by atoms with Crippen molar-refractivity contribution in [1.29, 1.82) is 5.26 Å². The molecule has 0 fully saturated rings. The number of hydrogen-bond donors (Lipinski definition) is 1. The molecule has 0 amide bonds. The average Bonchev–Trinajstić information content (AvgIpc) is 2.46. The fraction of sp³-hybridized carbons (Fsp3) is 0.235. The molecule has 0 bridgehead atoms. The minimum Gasteiger partial charge on any atom is -0.389 e. The van der Waals surface area contributed by atoms with Gasteiger partial charge >= 0.3 is 0 Å². The van der Waals surface area contributed by atoms with Gasteiger partial charge in [0.2, 0.25) is 0 Å². The van der Waals surface area contributed by atoms with Crippen molar-refractivity contribution in [2.24, 2.45) is 0 Å². The second-order valence-electron chi connectivity index (χ2n) is 5.02. The monoisotopic (exact) mass is 284 g/mol. The molecule has 2 aromatic carbocycles. The first-order valence-corrected chi connectivity index (χ1v) is 6.69. The molecular weight excluding hydrogens is 267 g/mol. The number of aliphatic hydroxyl groups excluding tert-OH is 1. The average molecular weight is 284 g/mol. The summed E-state index contributed by atoms with van der Waals surface area (Å²) in [5.74, 6) is -0.368. The molecule has 0 aliphatic heterocycles. The highest BCUT2D eigenvalue weighted by molar-refractivity contribution is 5.55. The van der Waals surface area contributed by atoms with Crippen LogP contribution < -0.4 is 4.90 Å². The second kappa shape index (κ2) is 6.38. The Morgan fingerprint density at radius 3 is 2.67 bits per heavy atom. The van der Waals surface area contributed by atoms with E-state index in [1.807, 2.05) is 6.07 Å². The molecule has 1 N–H and O–H groups in total. The van der Waals surface area contributed by atoms with E-state index in [2.05, 4.69) is 6.07 Å². The maximum absolute atomic E-state index is 14.1. The molecule has 3 nitrogen and oxygen atoms in total. The molecule has 1 atom stereocenters. The summed E-state index contributed by atoms with van der Waals surface area (Å²) >= 11 is 0. The number of nitriles is 1. The summed E-state index contributed by atoms with van der Waals surface area (Å²) in [4.78, 5) is 1.74. The van der Waals surface area contributed by atoms with Gasteiger partial charge in [0.1, 0.15) is 5.82 Å². The number of rotatable bonds is 4. The lowest BCUT2D eigenvalue weighted by atomic mass is 10.1. The van der Waals surface area contributed by atoms with Gasteiger partial charge in [0, 0.05) is 19.2 Å². The molecule has 0 spiro atoms. The van der Waals surface area contributed by atoms with Crippen LogP contribution in [0.1, 0.15) is 29.7 Å². The maximum atomic E-state index is 14.1. The topological polar surface area (TPSA) is 47.3 Å². The van der Waals surface area contributed by atoms with Crippen molar-refractivity contribution in [2.75, 3.05) is 11.9 Å². The van der Waals surface area contributed by atoms with Crippen LogP contribution >= 0.6 is 0 Å². The van der Waals surface area contributed by atoms with Crippen LogP contribution in [0.15, 0.2) is 42.5 Å². The van der Waals surface area contributed by atoms with Crippen LogP contribution in [-0.4, -0.2) is 12.2 Å². The summed E-state index contributed by atoms with van der Waals surface area (Å²) in [6.45, 7) is 2.07. The van der Waals surface area contributed by atoms with Gasteiger partial charge in [0.15, 0.2) is 0 Å². The fourth-order valence-electron chi connectivity index (χ4n) is 2.36. The van der Waals surface area contributed by atoms with Gasteiger partial charge in [-0.15, -0.1) is 0 Å². The third-order valence-corrected chi connectivity index (χ3v) is 3.33. The van der Waals surface area contributed by atoms with E-state index in [0.717, 1.165) is 5.56 Å². The Bertz CT molecular complexity index is 677. The zero-order chi connectivity index (χ0) is 15.4. The summed E-state index contributed by atoms with van der Waals surface area (Å²) < 4.78 is 14.1. The summed E-state index contributed by atoms with van der Waals surface area (Å²) in [6, 6.07) is 14.0. The van der Waals surface area contributed by atoms with Crippen LogP contribution in [0.5, 0.6) is 0 Å². The Labute approximate surface area is 123 Å². The molecule has 0 aromatic heterocycles. The summed E-state index contributed by atoms with van der Waals surface area (Å²) in [6.07, 6.45) is -0.747. The van der Waals surface area contributed by atoms with Crippen LogP contribution in [0.4, 0.5) is 10.1 Å². The highest BCUT2D eigenvalue weighted by Gasteiger charge is 2.16. The van der Waals surface area contributed by atoms with E-state index in [9.17, 15) is 9.50 Å². The van der Waals surface area contributed by atoms with Gasteiger partial charge in [-0.1, -0.05) is 24.3 Å². The first-order chi connectivity index (χ1) is 10.0. The number of hydrogen-bond acceptors (Lipinski definition) is 3.